The first kappa shape index (κ1) is 13.1. The van der Waals surface area contributed by atoms with E-state index in [0.29, 0.717) is 32.6 Å². The zero-order chi connectivity index (χ0) is 14.8. The van der Waals surface area contributed by atoms with E-state index in [1.807, 2.05) is 12.1 Å². The third-order valence-corrected chi connectivity index (χ3v) is 3.77. The molecule has 3 aromatic rings. The topological polar surface area (TPSA) is 110 Å². The van der Waals surface area contributed by atoms with Crippen molar-refractivity contribution in [2.24, 2.45) is 0 Å². The highest BCUT2D eigenvalue weighted by Crippen LogP contribution is 2.32. The van der Waals surface area contributed by atoms with Gasteiger partial charge in [0.15, 0.2) is 10.8 Å². The zero-order valence-corrected chi connectivity index (χ0v) is 11.8. The number of nitrogen functional groups attached to an aromatic ring is 1. The first-order valence-electron chi connectivity index (χ1n) is 5.93. The predicted octanol–water partition coefficient (Wildman–Crippen LogP) is 2.29. The number of thiazole rings is 1. The normalized spacial score (nSPS) is 10.3. The van der Waals surface area contributed by atoms with Gasteiger partial charge in [-0.15, -0.1) is 0 Å². The van der Waals surface area contributed by atoms with Crippen LogP contribution in [0, 0.1) is 11.3 Å². The lowest BCUT2D eigenvalue weighted by Gasteiger charge is -2.02. The van der Waals surface area contributed by atoms with Crippen LogP contribution in [0.1, 0.15) is 5.56 Å². The number of nitrogens with zero attached hydrogens (tertiary/aromatic N) is 4. The Morgan fingerprint density at radius 2 is 2.19 bits per heavy atom. The lowest BCUT2D eigenvalue weighted by Crippen LogP contribution is -1.92. The third kappa shape index (κ3) is 2.42. The minimum Gasteiger partial charge on any atom is -0.481 e. The number of nitrogens with one attached hydrogen (secondary N) is 1. The van der Waals surface area contributed by atoms with Gasteiger partial charge in [0.1, 0.15) is 6.07 Å². The summed E-state index contributed by atoms with van der Waals surface area (Å²) in [5.74, 6) is 0.537. The quantitative estimate of drug-likeness (QED) is 0.763. The lowest BCUT2D eigenvalue weighted by molar-refractivity contribution is 0.398. The Morgan fingerprint density at radius 1 is 1.33 bits per heavy atom. The van der Waals surface area contributed by atoms with Crippen molar-refractivity contribution in [1.29, 1.82) is 5.26 Å². The van der Waals surface area contributed by atoms with E-state index >= 15 is 0 Å². The van der Waals surface area contributed by atoms with E-state index in [4.69, 9.17) is 15.7 Å². The summed E-state index contributed by atoms with van der Waals surface area (Å²) in [5.41, 5.74) is 7.97. The first-order valence-corrected chi connectivity index (χ1v) is 6.75. The molecule has 0 bridgehead atoms. The molecule has 0 aliphatic heterocycles. The first-order chi connectivity index (χ1) is 10.2. The van der Waals surface area contributed by atoms with Crippen LogP contribution in [-0.2, 0) is 0 Å². The Kier molecular flexibility index (Phi) is 3.25. The maximum Gasteiger partial charge on any atom is 0.213 e. The summed E-state index contributed by atoms with van der Waals surface area (Å²) in [6.45, 7) is 0. The lowest BCUT2D eigenvalue weighted by atomic mass is 10.2. The molecule has 0 unspecified atom stereocenters. The maximum atomic E-state index is 8.95. The van der Waals surface area contributed by atoms with Gasteiger partial charge in [-0.2, -0.15) is 10.2 Å². The molecule has 0 aromatic carbocycles. The number of nitrogens with two attached hydrogens (primary N) is 1. The van der Waals surface area contributed by atoms with Gasteiger partial charge in [0.05, 0.1) is 34.9 Å². The SMILES string of the molecule is COc1ccc(Nc2nc3ncc(C#N)c(N)c3s2)cn1. The van der Waals surface area contributed by atoms with Crippen molar-refractivity contribution in [2.45, 2.75) is 0 Å². The fraction of sp³-hybridized carbons (Fsp3) is 0.0769. The van der Waals surface area contributed by atoms with Crippen LogP contribution in [0.25, 0.3) is 10.3 Å². The molecule has 0 spiro atoms. The number of rotatable bonds is 3. The number of hydrogen-bond donors (Lipinski definition) is 2. The van der Waals surface area contributed by atoms with E-state index < -0.39 is 0 Å². The van der Waals surface area contributed by atoms with Gasteiger partial charge < -0.3 is 15.8 Å². The largest absolute Gasteiger partial charge is 0.481 e. The molecule has 0 amide bonds. The second-order valence-electron chi connectivity index (χ2n) is 4.08. The van der Waals surface area contributed by atoms with E-state index in [2.05, 4.69) is 20.3 Å². The molecule has 0 saturated heterocycles. The van der Waals surface area contributed by atoms with Gasteiger partial charge in [0.25, 0.3) is 0 Å². The monoisotopic (exact) mass is 298 g/mol. The van der Waals surface area contributed by atoms with Crippen molar-refractivity contribution in [1.82, 2.24) is 15.0 Å². The van der Waals surface area contributed by atoms with Gasteiger partial charge in [0.2, 0.25) is 5.88 Å². The number of nitriles is 1. The van der Waals surface area contributed by atoms with E-state index in [9.17, 15) is 0 Å². The van der Waals surface area contributed by atoms with Gasteiger partial charge >= 0.3 is 0 Å². The van der Waals surface area contributed by atoms with Gasteiger partial charge in [0, 0.05) is 12.3 Å². The summed E-state index contributed by atoms with van der Waals surface area (Å²) >= 11 is 1.34. The highest BCUT2D eigenvalue weighted by atomic mass is 32.1. The second kappa shape index (κ2) is 5.22. The smallest absolute Gasteiger partial charge is 0.213 e. The summed E-state index contributed by atoms with van der Waals surface area (Å²) in [6.07, 6.45) is 3.07. The van der Waals surface area contributed by atoms with Crippen LogP contribution in [0.4, 0.5) is 16.5 Å². The summed E-state index contributed by atoms with van der Waals surface area (Å²) < 4.78 is 5.69. The van der Waals surface area contributed by atoms with Crippen LogP contribution < -0.4 is 15.8 Å². The molecule has 3 rings (SSSR count). The average molecular weight is 298 g/mol. The van der Waals surface area contributed by atoms with Crippen molar-refractivity contribution in [3.8, 4) is 11.9 Å². The Labute approximate surface area is 124 Å². The molecule has 104 valence electrons. The average Bonchev–Trinajstić information content (AvgIpc) is 2.92. The second-order valence-corrected chi connectivity index (χ2v) is 5.08. The highest BCUT2D eigenvalue weighted by Gasteiger charge is 2.11. The zero-order valence-electron chi connectivity index (χ0n) is 11.0. The number of fused-ring (bicyclic) bond motifs is 1. The Balaban J connectivity index is 1.94. The number of anilines is 3. The van der Waals surface area contributed by atoms with Crippen LogP contribution in [0.2, 0.25) is 0 Å². The fourth-order valence-electron chi connectivity index (χ4n) is 1.73. The minimum absolute atomic E-state index is 0.351. The van der Waals surface area contributed by atoms with Crippen LogP contribution in [0.3, 0.4) is 0 Å². The summed E-state index contributed by atoms with van der Waals surface area (Å²) in [5, 5.41) is 12.7. The van der Waals surface area contributed by atoms with Crippen molar-refractivity contribution in [2.75, 3.05) is 18.2 Å². The van der Waals surface area contributed by atoms with Crippen LogP contribution in [-0.4, -0.2) is 22.1 Å². The Morgan fingerprint density at radius 3 is 2.86 bits per heavy atom. The number of aromatic nitrogens is 3. The van der Waals surface area contributed by atoms with Gasteiger partial charge in [-0.3, -0.25) is 0 Å². The molecular weight excluding hydrogens is 288 g/mol. The summed E-state index contributed by atoms with van der Waals surface area (Å²) in [7, 11) is 1.56. The molecule has 7 nitrogen and oxygen atoms in total. The Hall–Kier alpha value is -2.92. The standard InChI is InChI=1S/C13H10N6OS/c1-20-9-3-2-8(6-16-9)18-13-19-12-11(21-13)10(15)7(4-14)5-17-12/h2-3,5-6H,1H3,(H3,15,17,18,19). The Bertz CT molecular complexity index is 836. The molecule has 0 atom stereocenters. The number of pyridine rings is 2. The van der Waals surface area contributed by atoms with Gasteiger partial charge in [-0.25, -0.2) is 9.97 Å². The summed E-state index contributed by atoms with van der Waals surface area (Å²) in [4.78, 5) is 12.6. The van der Waals surface area contributed by atoms with E-state index in [1.165, 1.54) is 17.5 Å². The number of ether oxygens (including phenoxy) is 1. The third-order valence-electron chi connectivity index (χ3n) is 2.78. The molecule has 8 heteroatoms. The molecule has 3 heterocycles. The minimum atomic E-state index is 0.351. The molecular formula is C13H10N6OS. The molecule has 3 N–H and O–H groups in total. The fourth-order valence-corrected chi connectivity index (χ4v) is 2.64. The maximum absolute atomic E-state index is 8.95. The predicted molar refractivity (Wildman–Crippen MR) is 80.6 cm³/mol. The van der Waals surface area contributed by atoms with Crippen LogP contribution in [0.15, 0.2) is 24.5 Å². The van der Waals surface area contributed by atoms with Gasteiger partial charge in [-0.05, 0) is 6.07 Å². The molecule has 0 radical (unpaired) electrons. The van der Waals surface area contributed by atoms with Crippen molar-refractivity contribution in [3.05, 3.63) is 30.1 Å². The molecule has 21 heavy (non-hydrogen) atoms. The van der Waals surface area contributed by atoms with Crippen molar-refractivity contribution >= 4 is 38.2 Å². The summed E-state index contributed by atoms with van der Waals surface area (Å²) in [6, 6.07) is 5.58. The highest BCUT2D eigenvalue weighted by molar-refractivity contribution is 7.22. The van der Waals surface area contributed by atoms with Crippen molar-refractivity contribution in [3.63, 3.8) is 0 Å². The van der Waals surface area contributed by atoms with E-state index in [1.54, 1.807) is 19.4 Å². The number of methoxy groups -OCH3 is 1. The van der Waals surface area contributed by atoms with E-state index in [0.717, 1.165) is 5.69 Å². The van der Waals surface area contributed by atoms with E-state index in [-0.39, 0.29) is 0 Å². The molecule has 0 fully saturated rings. The molecule has 0 aliphatic carbocycles. The molecule has 0 saturated carbocycles. The molecule has 0 aliphatic rings. The number of hydrogen-bond acceptors (Lipinski definition) is 8. The molecule has 3 aromatic heterocycles. The van der Waals surface area contributed by atoms with Gasteiger partial charge in [-0.1, -0.05) is 11.3 Å². The van der Waals surface area contributed by atoms with Crippen molar-refractivity contribution < 1.29 is 4.74 Å². The van der Waals surface area contributed by atoms with Crippen LogP contribution >= 0.6 is 11.3 Å². The van der Waals surface area contributed by atoms with Crippen LogP contribution in [0.5, 0.6) is 5.88 Å².